The van der Waals surface area contributed by atoms with Crippen LogP contribution in [0, 0.1) is 10.1 Å². The molecule has 0 atom stereocenters. The lowest BCUT2D eigenvalue weighted by Gasteiger charge is -2.28. The third-order valence-electron chi connectivity index (χ3n) is 5.68. The first-order chi connectivity index (χ1) is 15.3. The predicted molar refractivity (Wildman–Crippen MR) is 120 cm³/mol. The molecule has 0 spiro atoms. The van der Waals surface area contributed by atoms with Gasteiger partial charge < -0.3 is 15.5 Å². The maximum absolute atomic E-state index is 13.1. The Balaban J connectivity index is 1.52. The standard InChI is InChI=1S/C21H25N5O5S/c27-21-15-24(12-9-22-21)17-5-3-16(4-6-17)14-23-19-8-7-18(26(28)29)13-20(19)32(30,31)25-10-1-2-11-25/h3-8,13,23H,1-2,9-12,14-15H2,(H,22,27). The molecule has 2 aromatic carbocycles. The number of nitrogens with one attached hydrogen (secondary N) is 2. The first kappa shape index (κ1) is 22.0. The van der Waals surface area contributed by atoms with Gasteiger partial charge in [-0.1, -0.05) is 12.1 Å². The summed E-state index contributed by atoms with van der Waals surface area (Å²) in [5.74, 6) is -0.00750. The molecule has 0 radical (unpaired) electrons. The molecular formula is C21H25N5O5S. The van der Waals surface area contributed by atoms with Crippen LogP contribution in [-0.4, -0.2) is 56.3 Å². The second-order valence-electron chi connectivity index (χ2n) is 7.84. The molecule has 170 valence electrons. The van der Waals surface area contributed by atoms with E-state index in [-0.39, 0.29) is 16.5 Å². The van der Waals surface area contributed by atoms with Gasteiger partial charge in [0.25, 0.3) is 5.69 Å². The maximum atomic E-state index is 13.1. The monoisotopic (exact) mass is 459 g/mol. The van der Waals surface area contributed by atoms with Crippen LogP contribution < -0.4 is 15.5 Å². The third kappa shape index (κ3) is 4.68. The first-order valence-electron chi connectivity index (χ1n) is 10.5. The van der Waals surface area contributed by atoms with Gasteiger partial charge in [-0.15, -0.1) is 0 Å². The minimum Gasteiger partial charge on any atom is -0.380 e. The molecule has 10 nitrogen and oxygen atoms in total. The van der Waals surface area contributed by atoms with Crippen molar-refractivity contribution in [1.82, 2.24) is 9.62 Å². The largest absolute Gasteiger partial charge is 0.380 e. The molecule has 0 aliphatic carbocycles. The molecule has 2 aliphatic rings. The maximum Gasteiger partial charge on any atom is 0.270 e. The fraction of sp³-hybridized carbons (Fsp3) is 0.381. The second kappa shape index (κ2) is 9.13. The molecule has 2 fully saturated rings. The minimum absolute atomic E-state index is 0.00750. The van der Waals surface area contributed by atoms with Crippen LogP contribution >= 0.6 is 0 Å². The molecule has 0 bridgehead atoms. The van der Waals surface area contributed by atoms with Crippen LogP contribution in [0.25, 0.3) is 0 Å². The summed E-state index contributed by atoms with van der Waals surface area (Å²) in [7, 11) is -3.83. The minimum atomic E-state index is -3.83. The smallest absolute Gasteiger partial charge is 0.270 e. The Bertz CT molecular complexity index is 1110. The van der Waals surface area contributed by atoms with Gasteiger partial charge in [-0.3, -0.25) is 14.9 Å². The van der Waals surface area contributed by atoms with Crippen molar-refractivity contribution in [2.45, 2.75) is 24.3 Å². The molecule has 4 rings (SSSR count). The van der Waals surface area contributed by atoms with Crippen molar-refractivity contribution in [3.8, 4) is 0 Å². The number of carbonyl (C=O) groups is 1. The Labute approximate surface area is 186 Å². The molecule has 2 heterocycles. The molecule has 11 heteroatoms. The van der Waals surface area contributed by atoms with Crippen LogP contribution in [0.2, 0.25) is 0 Å². The first-order valence-corrected chi connectivity index (χ1v) is 11.9. The van der Waals surface area contributed by atoms with Crippen molar-refractivity contribution < 1.29 is 18.1 Å². The SMILES string of the molecule is O=C1CN(c2ccc(CNc3ccc([N+](=O)[O-])cc3S(=O)(=O)N3CCCC3)cc2)CCN1. The lowest BCUT2D eigenvalue weighted by atomic mass is 10.1. The molecular weight excluding hydrogens is 434 g/mol. The van der Waals surface area contributed by atoms with Crippen molar-refractivity contribution >= 4 is 33.0 Å². The number of carbonyl (C=O) groups excluding carboxylic acids is 1. The van der Waals surface area contributed by atoms with E-state index in [1.54, 1.807) is 0 Å². The van der Waals surface area contributed by atoms with Gasteiger partial charge in [0.15, 0.2) is 0 Å². The van der Waals surface area contributed by atoms with Crippen LogP contribution in [0.1, 0.15) is 18.4 Å². The van der Waals surface area contributed by atoms with E-state index in [1.165, 1.54) is 16.4 Å². The number of sulfonamides is 1. The molecule has 2 N–H and O–H groups in total. The molecule has 2 aromatic rings. The van der Waals surface area contributed by atoms with Crippen LogP contribution in [-0.2, 0) is 21.4 Å². The van der Waals surface area contributed by atoms with Crippen molar-refractivity contribution in [3.63, 3.8) is 0 Å². The number of hydrogen-bond acceptors (Lipinski definition) is 7. The van der Waals surface area contributed by atoms with E-state index in [9.17, 15) is 23.3 Å². The predicted octanol–water partition coefficient (Wildman–Crippen LogP) is 1.93. The number of anilines is 2. The molecule has 32 heavy (non-hydrogen) atoms. The highest BCUT2D eigenvalue weighted by Crippen LogP contribution is 2.31. The van der Waals surface area contributed by atoms with E-state index >= 15 is 0 Å². The van der Waals surface area contributed by atoms with E-state index < -0.39 is 14.9 Å². The van der Waals surface area contributed by atoms with Crippen LogP contribution in [0.4, 0.5) is 17.1 Å². The molecule has 1 amide bonds. The van der Waals surface area contributed by atoms with Gasteiger partial charge in [-0.2, -0.15) is 4.31 Å². The number of benzene rings is 2. The number of rotatable bonds is 7. The molecule has 0 saturated carbocycles. The fourth-order valence-corrected chi connectivity index (χ4v) is 5.64. The average molecular weight is 460 g/mol. The Hall–Kier alpha value is -3.18. The summed E-state index contributed by atoms with van der Waals surface area (Å²) in [5.41, 5.74) is 1.93. The zero-order valence-corrected chi connectivity index (χ0v) is 18.3. The van der Waals surface area contributed by atoms with Gasteiger partial charge in [0, 0.05) is 50.5 Å². The number of amides is 1. The normalized spacial score (nSPS) is 17.2. The van der Waals surface area contributed by atoms with Gasteiger partial charge in [0.05, 0.1) is 17.2 Å². The molecule has 2 aliphatic heterocycles. The zero-order valence-electron chi connectivity index (χ0n) is 17.5. The summed E-state index contributed by atoms with van der Waals surface area (Å²) < 4.78 is 27.6. The topological polar surface area (TPSA) is 125 Å². The molecule has 2 saturated heterocycles. The summed E-state index contributed by atoms with van der Waals surface area (Å²) in [6.07, 6.45) is 1.56. The number of non-ortho nitro benzene ring substituents is 1. The number of piperazine rings is 1. The number of nitrogens with zero attached hydrogens (tertiary/aromatic N) is 3. The van der Waals surface area contributed by atoms with Gasteiger partial charge in [0.1, 0.15) is 4.90 Å². The van der Waals surface area contributed by atoms with Gasteiger partial charge in [0.2, 0.25) is 15.9 Å². The fourth-order valence-electron chi connectivity index (χ4n) is 3.93. The Kier molecular flexibility index (Phi) is 6.28. The van der Waals surface area contributed by atoms with Crippen molar-refractivity contribution in [2.24, 2.45) is 0 Å². The van der Waals surface area contributed by atoms with E-state index in [0.29, 0.717) is 38.4 Å². The highest BCUT2D eigenvalue weighted by molar-refractivity contribution is 7.89. The third-order valence-corrected chi connectivity index (χ3v) is 7.62. The van der Waals surface area contributed by atoms with Crippen molar-refractivity contribution in [3.05, 3.63) is 58.1 Å². The van der Waals surface area contributed by atoms with E-state index in [0.717, 1.165) is 36.7 Å². The van der Waals surface area contributed by atoms with Gasteiger partial charge >= 0.3 is 0 Å². The Morgan fingerprint density at radius 2 is 1.78 bits per heavy atom. The summed E-state index contributed by atoms with van der Waals surface area (Å²) in [6.45, 7) is 2.85. The lowest BCUT2D eigenvalue weighted by molar-refractivity contribution is -0.385. The summed E-state index contributed by atoms with van der Waals surface area (Å²) in [5, 5.41) is 17.1. The van der Waals surface area contributed by atoms with Crippen LogP contribution in [0.5, 0.6) is 0 Å². The highest BCUT2D eigenvalue weighted by atomic mass is 32.2. The zero-order chi connectivity index (χ0) is 22.7. The highest BCUT2D eigenvalue weighted by Gasteiger charge is 2.31. The van der Waals surface area contributed by atoms with Crippen molar-refractivity contribution in [2.75, 3.05) is 42.9 Å². The number of hydrogen-bond donors (Lipinski definition) is 2. The average Bonchev–Trinajstić information content (AvgIpc) is 3.34. The lowest BCUT2D eigenvalue weighted by Crippen LogP contribution is -2.47. The second-order valence-corrected chi connectivity index (χ2v) is 9.75. The number of nitro benzene ring substituents is 1. The van der Waals surface area contributed by atoms with E-state index in [1.807, 2.05) is 29.2 Å². The van der Waals surface area contributed by atoms with E-state index in [4.69, 9.17) is 0 Å². The number of nitro groups is 1. The Morgan fingerprint density at radius 1 is 1.06 bits per heavy atom. The van der Waals surface area contributed by atoms with Crippen LogP contribution in [0.15, 0.2) is 47.4 Å². The van der Waals surface area contributed by atoms with Gasteiger partial charge in [-0.25, -0.2) is 8.42 Å². The van der Waals surface area contributed by atoms with Crippen molar-refractivity contribution in [1.29, 1.82) is 0 Å². The summed E-state index contributed by atoms with van der Waals surface area (Å²) in [6, 6.07) is 11.5. The summed E-state index contributed by atoms with van der Waals surface area (Å²) in [4.78, 5) is 24.1. The van der Waals surface area contributed by atoms with Crippen LogP contribution in [0.3, 0.4) is 0 Å². The quantitative estimate of drug-likeness (QED) is 0.479. The van der Waals surface area contributed by atoms with E-state index in [2.05, 4.69) is 10.6 Å². The molecule has 0 unspecified atom stereocenters. The van der Waals surface area contributed by atoms with Gasteiger partial charge in [-0.05, 0) is 36.6 Å². The molecule has 0 aromatic heterocycles. The summed E-state index contributed by atoms with van der Waals surface area (Å²) >= 11 is 0. The Morgan fingerprint density at radius 3 is 2.44 bits per heavy atom.